The molecule has 0 aliphatic heterocycles. The number of carboxylic acids is 1. The number of nitrogens with zero attached hydrogens (tertiary/aromatic N) is 1. The third kappa shape index (κ3) is 4.72. The molecule has 0 radical (unpaired) electrons. The lowest BCUT2D eigenvalue weighted by Gasteiger charge is -2.16. The molecule has 1 aromatic heterocycles. The van der Waals surface area contributed by atoms with Crippen molar-refractivity contribution in [3.63, 3.8) is 0 Å². The van der Waals surface area contributed by atoms with Crippen LogP contribution in [0.25, 0.3) is 0 Å². The van der Waals surface area contributed by atoms with E-state index in [4.69, 9.17) is 5.11 Å². The van der Waals surface area contributed by atoms with Crippen LogP contribution in [-0.2, 0) is 9.59 Å². The third-order valence-corrected chi connectivity index (χ3v) is 3.10. The first-order valence-corrected chi connectivity index (χ1v) is 6.22. The first-order valence-electron chi connectivity index (χ1n) is 5.23. The Morgan fingerprint density at radius 3 is 2.56 bits per heavy atom. The summed E-state index contributed by atoms with van der Waals surface area (Å²) in [7, 11) is 0. The summed E-state index contributed by atoms with van der Waals surface area (Å²) in [5.41, 5.74) is 0. The van der Waals surface area contributed by atoms with E-state index in [1.165, 1.54) is 18.7 Å². The van der Waals surface area contributed by atoms with E-state index in [1.807, 2.05) is 0 Å². The van der Waals surface area contributed by atoms with Gasteiger partial charge in [0.25, 0.3) is 0 Å². The number of amides is 1. The summed E-state index contributed by atoms with van der Waals surface area (Å²) < 4.78 is 0. The topological polar surface area (TPSA) is 99.5 Å². The predicted octanol–water partition coefficient (Wildman–Crippen LogP) is 0.124. The van der Waals surface area contributed by atoms with Crippen LogP contribution in [0, 0.1) is 0 Å². The second-order valence-electron chi connectivity index (χ2n) is 3.60. The van der Waals surface area contributed by atoms with E-state index in [1.54, 1.807) is 24.5 Å². The Bertz CT molecular complexity index is 411. The molecule has 0 spiro atoms. The van der Waals surface area contributed by atoms with Gasteiger partial charge in [-0.2, -0.15) is 0 Å². The zero-order valence-corrected chi connectivity index (χ0v) is 10.6. The number of carbonyl (C=O) groups excluding carboxylic acids is 1. The first-order chi connectivity index (χ1) is 8.50. The summed E-state index contributed by atoms with van der Waals surface area (Å²) in [6.45, 7) is 1.31. The summed E-state index contributed by atoms with van der Waals surface area (Å²) in [5, 5.41) is 20.3. The van der Waals surface area contributed by atoms with Gasteiger partial charge in [-0.25, -0.2) is 4.79 Å². The minimum Gasteiger partial charge on any atom is -0.480 e. The number of aromatic nitrogens is 1. The molecular weight excluding hydrogens is 256 g/mol. The number of hydrogen-bond acceptors (Lipinski definition) is 5. The van der Waals surface area contributed by atoms with Gasteiger partial charge in [0.2, 0.25) is 5.91 Å². The maximum atomic E-state index is 11.5. The minimum absolute atomic E-state index is 0.0838. The van der Waals surface area contributed by atoms with E-state index in [2.05, 4.69) is 10.3 Å². The van der Waals surface area contributed by atoms with Crippen molar-refractivity contribution in [2.24, 2.45) is 0 Å². The van der Waals surface area contributed by atoms with E-state index in [-0.39, 0.29) is 5.75 Å². The monoisotopic (exact) mass is 270 g/mol. The Morgan fingerprint density at radius 2 is 2.06 bits per heavy atom. The molecular formula is C11H14N2O4S. The van der Waals surface area contributed by atoms with Crippen molar-refractivity contribution < 1.29 is 19.8 Å². The smallest absolute Gasteiger partial charge is 0.328 e. The fourth-order valence-electron chi connectivity index (χ4n) is 1.19. The van der Waals surface area contributed by atoms with Gasteiger partial charge in [0.15, 0.2) is 6.04 Å². The number of carboxylic acid groups (broad SMARTS) is 1. The molecule has 2 unspecified atom stereocenters. The van der Waals surface area contributed by atoms with Crippen LogP contribution in [0.4, 0.5) is 0 Å². The van der Waals surface area contributed by atoms with Crippen LogP contribution in [0.3, 0.4) is 0 Å². The van der Waals surface area contributed by atoms with Gasteiger partial charge in [-0.3, -0.25) is 9.78 Å². The second kappa shape index (κ2) is 6.97. The van der Waals surface area contributed by atoms with Gasteiger partial charge < -0.3 is 15.5 Å². The van der Waals surface area contributed by atoms with Crippen molar-refractivity contribution in [1.82, 2.24) is 10.3 Å². The van der Waals surface area contributed by atoms with Crippen molar-refractivity contribution in [2.75, 3.05) is 5.75 Å². The van der Waals surface area contributed by atoms with E-state index >= 15 is 0 Å². The molecule has 0 aromatic carbocycles. The highest BCUT2D eigenvalue weighted by atomic mass is 32.2. The predicted molar refractivity (Wildman–Crippen MR) is 66.2 cm³/mol. The third-order valence-electron chi connectivity index (χ3n) is 2.08. The fraction of sp³-hybridized carbons (Fsp3) is 0.364. The maximum Gasteiger partial charge on any atom is 0.328 e. The number of nitrogens with one attached hydrogen (secondary N) is 1. The SMILES string of the molecule is CC(O)C(NC(=O)CSc1ccncc1)C(=O)O. The van der Waals surface area contributed by atoms with Gasteiger partial charge in [0, 0.05) is 17.3 Å². The lowest BCUT2D eigenvalue weighted by molar-refractivity contribution is -0.144. The highest BCUT2D eigenvalue weighted by Gasteiger charge is 2.24. The van der Waals surface area contributed by atoms with Crippen LogP contribution >= 0.6 is 11.8 Å². The van der Waals surface area contributed by atoms with Crippen molar-refractivity contribution in [2.45, 2.75) is 24.0 Å². The number of rotatable bonds is 6. The first kappa shape index (κ1) is 14.5. The van der Waals surface area contributed by atoms with Gasteiger partial charge in [0.05, 0.1) is 11.9 Å². The molecule has 7 heteroatoms. The summed E-state index contributed by atoms with van der Waals surface area (Å²) in [6, 6.07) is 2.22. The average molecular weight is 270 g/mol. The van der Waals surface area contributed by atoms with E-state index in [0.29, 0.717) is 0 Å². The zero-order valence-electron chi connectivity index (χ0n) is 9.74. The molecule has 18 heavy (non-hydrogen) atoms. The molecule has 0 aliphatic rings. The molecule has 1 aromatic rings. The Balaban J connectivity index is 2.44. The van der Waals surface area contributed by atoms with Crippen molar-refractivity contribution in [1.29, 1.82) is 0 Å². The molecule has 0 fully saturated rings. The lowest BCUT2D eigenvalue weighted by Crippen LogP contribution is -2.48. The Morgan fingerprint density at radius 1 is 1.44 bits per heavy atom. The van der Waals surface area contributed by atoms with Gasteiger partial charge in [0.1, 0.15) is 0 Å². The summed E-state index contributed by atoms with van der Waals surface area (Å²) in [5.74, 6) is -1.61. The molecule has 98 valence electrons. The van der Waals surface area contributed by atoms with Crippen LogP contribution < -0.4 is 5.32 Å². The fourth-order valence-corrected chi connectivity index (χ4v) is 1.88. The molecule has 1 heterocycles. The van der Waals surface area contributed by atoms with Crippen molar-refractivity contribution in [3.8, 4) is 0 Å². The van der Waals surface area contributed by atoms with Gasteiger partial charge in [-0.15, -0.1) is 11.8 Å². The number of carbonyl (C=O) groups is 2. The Labute approximate surface area is 108 Å². The highest BCUT2D eigenvalue weighted by molar-refractivity contribution is 8.00. The van der Waals surface area contributed by atoms with Gasteiger partial charge in [-0.05, 0) is 19.1 Å². The Hall–Kier alpha value is -1.60. The lowest BCUT2D eigenvalue weighted by atomic mass is 10.2. The molecule has 1 rings (SSSR count). The molecule has 6 nitrogen and oxygen atoms in total. The molecule has 0 saturated carbocycles. The molecule has 0 bridgehead atoms. The van der Waals surface area contributed by atoms with E-state index in [0.717, 1.165) is 4.90 Å². The van der Waals surface area contributed by atoms with Crippen LogP contribution in [0.5, 0.6) is 0 Å². The average Bonchev–Trinajstić information content (AvgIpc) is 2.34. The number of thioether (sulfide) groups is 1. The van der Waals surface area contributed by atoms with Crippen molar-refractivity contribution >= 4 is 23.6 Å². The van der Waals surface area contributed by atoms with Crippen LogP contribution in [0.1, 0.15) is 6.92 Å². The quantitative estimate of drug-likeness (QED) is 0.635. The second-order valence-corrected chi connectivity index (χ2v) is 4.64. The number of hydrogen-bond donors (Lipinski definition) is 3. The summed E-state index contributed by atoms with van der Waals surface area (Å²) >= 11 is 1.27. The number of pyridine rings is 1. The van der Waals surface area contributed by atoms with Crippen LogP contribution in [-0.4, -0.2) is 45.0 Å². The highest BCUT2D eigenvalue weighted by Crippen LogP contribution is 2.15. The van der Waals surface area contributed by atoms with Crippen LogP contribution in [0.2, 0.25) is 0 Å². The molecule has 3 N–H and O–H groups in total. The van der Waals surface area contributed by atoms with Crippen LogP contribution in [0.15, 0.2) is 29.4 Å². The molecule has 0 aliphatic carbocycles. The normalized spacial score (nSPS) is 13.7. The number of aliphatic carboxylic acids is 1. The Kier molecular flexibility index (Phi) is 5.60. The summed E-state index contributed by atoms with van der Waals surface area (Å²) in [4.78, 5) is 27.0. The zero-order chi connectivity index (χ0) is 13.5. The largest absolute Gasteiger partial charge is 0.480 e. The minimum atomic E-state index is -1.28. The molecule has 1 amide bonds. The van der Waals surface area contributed by atoms with Gasteiger partial charge in [-0.1, -0.05) is 0 Å². The van der Waals surface area contributed by atoms with Crippen molar-refractivity contribution in [3.05, 3.63) is 24.5 Å². The van der Waals surface area contributed by atoms with E-state index in [9.17, 15) is 14.7 Å². The standard InChI is InChI=1S/C11H14N2O4S/c1-7(14)10(11(16)17)13-9(15)6-18-8-2-4-12-5-3-8/h2-5,7,10,14H,6H2,1H3,(H,13,15)(H,16,17). The van der Waals surface area contributed by atoms with E-state index < -0.39 is 24.0 Å². The molecule has 2 atom stereocenters. The van der Waals surface area contributed by atoms with Gasteiger partial charge >= 0.3 is 5.97 Å². The number of aliphatic hydroxyl groups is 1. The summed E-state index contributed by atoms with van der Waals surface area (Å²) in [6.07, 6.45) is 2.07. The number of aliphatic hydroxyl groups excluding tert-OH is 1. The molecule has 0 saturated heterocycles. The maximum absolute atomic E-state index is 11.5.